The van der Waals surface area contributed by atoms with Crippen molar-refractivity contribution in [1.29, 1.82) is 0 Å². The number of hydrogen-bond donors (Lipinski definition) is 1. The maximum Gasteiger partial charge on any atom is 0.0841 e. The number of halogens is 1. The van der Waals surface area contributed by atoms with Crippen LogP contribution < -0.4 is 5.32 Å². The van der Waals surface area contributed by atoms with Gasteiger partial charge in [-0.2, -0.15) is 5.10 Å². The smallest absolute Gasteiger partial charge is 0.0841 e. The molecule has 1 aliphatic carbocycles. The van der Waals surface area contributed by atoms with Gasteiger partial charge in [0.2, 0.25) is 0 Å². The van der Waals surface area contributed by atoms with Crippen LogP contribution in [0.2, 0.25) is 0 Å². The summed E-state index contributed by atoms with van der Waals surface area (Å²) in [4.78, 5) is 0. The fourth-order valence-corrected chi connectivity index (χ4v) is 3.44. The van der Waals surface area contributed by atoms with Gasteiger partial charge in [-0.1, -0.05) is 38.0 Å². The van der Waals surface area contributed by atoms with E-state index in [0.29, 0.717) is 12.0 Å². The Morgan fingerprint density at radius 2 is 2.04 bits per heavy atom. The lowest BCUT2D eigenvalue weighted by Crippen LogP contribution is -2.29. The van der Waals surface area contributed by atoms with E-state index >= 15 is 0 Å². The molecule has 5 heteroatoms. The Bertz CT molecular complexity index is 613. The van der Waals surface area contributed by atoms with Gasteiger partial charge in [0.25, 0.3) is 0 Å². The highest BCUT2D eigenvalue weighted by molar-refractivity contribution is 5.85. The molecule has 2 aromatic rings. The predicted octanol–water partition coefficient (Wildman–Crippen LogP) is 3.68. The minimum Gasteiger partial charge on any atom is -0.377 e. The standard InChI is InChI=1S/C18H27N3O.ClH/c1-14-7-3-6-10-18(14)22-12-11-19-13-16-15-8-4-5-9-17(15)21(2)20-16;/h4-5,8-9,14,18-19H,3,6-7,10-13H2,1-2H3;1H. The van der Waals surface area contributed by atoms with Crippen molar-refractivity contribution in [3.05, 3.63) is 30.0 Å². The molecule has 0 aliphatic heterocycles. The molecule has 2 unspecified atom stereocenters. The number of para-hydroxylation sites is 1. The molecule has 1 heterocycles. The topological polar surface area (TPSA) is 39.1 Å². The monoisotopic (exact) mass is 337 g/mol. The summed E-state index contributed by atoms with van der Waals surface area (Å²) in [7, 11) is 2.00. The number of hydrogen-bond acceptors (Lipinski definition) is 3. The van der Waals surface area contributed by atoms with Gasteiger partial charge in [-0.05, 0) is 24.8 Å². The van der Waals surface area contributed by atoms with E-state index < -0.39 is 0 Å². The molecule has 4 nitrogen and oxygen atoms in total. The molecule has 1 saturated carbocycles. The first-order chi connectivity index (χ1) is 10.8. The number of rotatable bonds is 6. The van der Waals surface area contributed by atoms with Gasteiger partial charge < -0.3 is 10.1 Å². The number of ether oxygens (including phenoxy) is 1. The predicted molar refractivity (Wildman–Crippen MR) is 97.0 cm³/mol. The normalized spacial score (nSPS) is 21.3. The summed E-state index contributed by atoms with van der Waals surface area (Å²) in [5, 5.41) is 9.30. The molecule has 1 fully saturated rings. The first kappa shape index (κ1) is 18.2. The molecule has 0 bridgehead atoms. The van der Waals surface area contributed by atoms with E-state index in [4.69, 9.17) is 4.74 Å². The molecule has 0 saturated heterocycles. The van der Waals surface area contributed by atoms with E-state index in [0.717, 1.165) is 25.4 Å². The Hall–Kier alpha value is -1.10. The van der Waals surface area contributed by atoms with Crippen LogP contribution in [0.5, 0.6) is 0 Å². The first-order valence-corrected chi connectivity index (χ1v) is 8.48. The van der Waals surface area contributed by atoms with Gasteiger partial charge in [-0.15, -0.1) is 12.4 Å². The second kappa shape index (κ2) is 8.67. The van der Waals surface area contributed by atoms with Crippen molar-refractivity contribution in [2.24, 2.45) is 13.0 Å². The van der Waals surface area contributed by atoms with Gasteiger partial charge in [0.15, 0.2) is 0 Å². The summed E-state index contributed by atoms with van der Waals surface area (Å²) >= 11 is 0. The molecule has 1 aromatic heterocycles. The van der Waals surface area contributed by atoms with Gasteiger partial charge >= 0.3 is 0 Å². The molecular formula is C18H28ClN3O. The highest BCUT2D eigenvalue weighted by atomic mass is 35.5. The Kier molecular flexibility index (Phi) is 6.88. The second-order valence-corrected chi connectivity index (χ2v) is 6.44. The lowest BCUT2D eigenvalue weighted by molar-refractivity contribution is -0.00323. The lowest BCUT2D eigenvalue weighted by Gasteiger charge is -2.28. The number of aryl methyl sites for hydroxylation is 1. The van der Waals surface area contributed by atoms with Crippen LogP contribution in [-0.4, -0.2) is 29.0 Å². The quantitative estimate of drug-likeness (QED) is 0.817. The molecular weight excluding hydrogens is 310 g/mol. The highest BCUT2D eigenvalue weighted by Crippen LogP contribution is 2.26. The van der Waals surface area contributed by atoms with Gasteiger partial charge in [0.1, 0.15) is 0 Å². The average Bonchev–Trinajstić information content (AvgIpc) is 2.86. The fraction of sp³-hybridized carbons (Fsp3) is 0.611. The fourth-order valence-electron chi connectivity index (χ4n) is 3.44. The summed E-state index contributed by atoms with van der Waals surface area (Å²) in [5.41, 5.74) is 2.30. The van der Waals surface area contributed by atoms with E-state index in [1.54, 1.807) is 0 Å². The number of nitrogens with one attached hydrogen (secondary N) is 1. The molecule has 1 aliphatic rings. The third-order valence-corrected chi connectivity index (χ3v) is 4.77. The van der Waals surface area contributed by atoms with Crippen LogP contribution in [0.3, 0.4) is 0 Å². The Morgan fingerprint density at radius 3 is 2.87 bits per heavy atom. The average molecular weight is 338 g/mol. The third kappa shape index (κ3) is 4.46. The van der Waals surface area contributed by atoms with Crippen LogP contribution in [0.25, 0.3) is 10.9 Å². The Morgan fingerprint density at radius 1 is 1.26 bits per heavy atom. The van der Waals surface area contributed by atoms with Crippen molar-refractivity contribution in [1.82, 2.24) is 15.1 Å². The van der Waals surface area contributed by atoms with Crippen LogP contribution >= 0.6 is 12.4 Å². The van der Waals surface area contributed by atoms with Crippen molar-refractivity contribution in [3.8, 4) is 0 Å². The highest BCUT2D eigenvalue weighted by Gasteiger charge is 2.21. The summed E-state index contributed by atoms with van der Waals surface area (Å²) in [6, 6.07) is 8.38. The molecule has 2 atom stereocenters. The molecule has 0 radical (unpaired) electrons. The zero-order valence-corrected chi connectivity index (χ0v) is 14.9. The van der Waals surface area contributed by atoms with Crippen molar-refractivity contribution >= 4 is 23.3 Å². The van der Waals surface area contributed by atoms with Crippen LogP contribution in [0.15, 0.2) is 24.3 Å². The third-order valence-electron chi connectivity index (χ3n) is 4.77. The zero-order valence-electron chi connectivity index (χ0n) is 14.1. The van der Waals surface area contributed by atoms with Crippen molar-refractivity contribution in [2.45, 2.75) is 45.3 Å². The maximum atomic E-state index is 6.04. The van der Waals surface area contributed by atoms with E-state index in [2.05, 4.69) is 41.6 Å². The lowest BCUT2D eigenvalue weighted by atomic mass is 9.88. The number of aromatic nitrogens is 2. The molecule has 1 N–H and O–H groups in total. The van der Waals surface area contributed by atoms with Gasteiger partial charge in [0, 0.05) is 25.5 Å². The van der Waals surface area contributed by atoms with E-state index in [1.165, 1.54) is 36.6 Å². The Balaban J connectivity index is 0.00000192. The minimum absolute atomic E-state index is 0. The molecule has 0 spiro atoms. The van der Waals surface area contributed by atoms with Crippen LogP contribution in [0.4, 0.5) is 0 Å². The molecule has 128 valence electrons. The SMILES string of the molecule is CC1CCCCC1OCCNCc1nn(C)c2ccccc12.Cl. The van der Waals surface area contributed by atoms with Gasteiger partial charge in [-0.25, -0.2) is 0 Å². The summed E-state index contributed by atoms with van der Waals surface area (Å²) in [6.07, 6.45) is 5.70. The summed E-state index contributed by atoms with van der Waals surface area (Å²) in [5.74, 6) is 0.716. The molecule has 3 rings (SSSR count). The number of fused-ring (bicyclic) bond motifs is 1. The molecule has 0 amide bonds. The van der Waals surface area contributed by atoms with Gasteiger partial charge in [-0.3, -0.25) is 4.68 Å². The maximum absolute atomic E-state index is 6.04. The largest absolute Gasteiger partial charge is 0.377 e. The van der Waals surface area contributed by atoms with E-state index in [9.17, 15) is 0 Å². The first-order valence-electron chi connectivity index (χ1n) is 8.48. The van der Waals surface area contributed by atoms with E-state index in [1.807, 2.05) is 11.7 Å². The second-order valence-electron chi connectivity index (χ2n) is 6.44. The molecule has 1 aromatic carbocycles. The summed E-state index contributed by atoms with van der Waals surface area (Å²) < 4.78 is 7.99. The zero-order chi connectivity index (χ0) is 15.4. The number of nitrogens with zero attached hydrogens (tertiary/aromatic N) is 2. The van der Waals surface area contributed by atoms with Crippen LogP contribution in [-0.2, 0) is 18.3 Å². The van der Waals surface area contributed by atoms with Gasteiger partial charge in [0.05, 0.1) is 23.9 Å². The van der Waals surface area contributed by atoms with Crippen molar-refractivity contribution in [2.75, 3.05) is 13.2 Å². The van der Waals surface area contributed by atoms with Crippen molar-refractivity contribution in [3.63, 3.8) is 0 Å². The minimum atomic E-state index is 0. The summed E-state index contributed by atoms with van der Waals surface area (Å²) in [6.45, 7) is 4.79. The molecule has 23 heavy (non-hydrogen) atoms. The number of benzene rings is 1. The van der Waals surface area contributed by atoms with Crippen LogP contribution in [0, 0.1) is 5.92 Å². The Labute approximate surface area is 145 Å². The van der Waals surface area contributed by atoms with Crippen LogP contribution in [0.1, 0.15) is 38.3 Å². The van der Waals surface area contributed by atoms with E-state index in [-0.39, 0.29) is 12.4 Å². The van der Waals surface area contributed by atoms with Crippen molar-refractivity contribution < 1.29 is 4.74 Å².